The summed E-state index contributed by atoms with van der Waals surface area (Å²) in [7, 11) is 0.248. The lowest BCUT2D eigenvalue weighted by Crippen LogP contribution is -2.45. The first-order valence-electron chi connectivity index (χ1n) is 11.9. The van der Waals surface area contributed by atoms with E-state index in [0.29, 0.717) is 29.5 Å². The minimum absolute atomic E-state index is 0. The van der Waals surface area contributed by atoms with Gasteiger partial charge in [-0.3, -0.25) is 9.69 Å². The maximum atomic E-state index is 13.7. The van der Waals surface area contributed by atoms with Crippen LogP contribution in [0.2, 0.25) is 5.02 Å². The zero-order chi connectivity index (χ0) is 26.0. The molecule has 0 N–H and O–H groups in total. The second-order valence-corrected chi connectivity index (χ2v) is 12.6. The van der Waals surface area contributed by atoms with Gasteiger partial charge in [0.05, 0.1) is 15.1 Å². The van der Waals surface area contributed by atoms with Gasteiger partial charge in [0.1, 0.15) is 5.82 Å². The van der Waals surface area contributed by atoms with Gasteiger partial charge in [0.2, 0.25) is 15.9 Å². The van der Waals surface area contributed by atoms with E-state index in [9.17, 15) is 17.6 Å². The van der Waals surface area contributed by atoms with Crippen LogP contribution in [0, 0.1) is 18.7 Å². The van der Waals surface area contributed by atoms with Crippen molar-refractivity contribution in [2.75, 3.05) is 45.2 Å². The molecule has 1 saturated heterocycles. The highest BCUT2D eigenvalue weighted by atomic mass is 35.5. The summed E-state index contributed by atoms with van der Waals surface area (Å²) in [5, 5.41) is 1.28. The minimum atomic E-state index is -3.74. The normalized spacial score (nSPS) is 15.2. The monoisotopic (exact) mass is 588 g/mol. The van der Waals surface area contributed by atoms with Gasteiger partial charge in [-0.15, -0.1) is 12.4 Å². The molecule has 7 nitrogen and oxygen atoms in total. The topological polar surface area (TPSA) is 73.8 Å². The predicted molar refractivity (Wildman–Crippen MR) is 150 cm³/mol. The molecule has 12 heteroatoms. The van der Waals surface area contributed by atoms with Crippen LogP contribution in [0.4, 0.5) is 9.52 Å². The molecular formula is C25H31Cl2FN4O3S2. The summed E-state index contributed by atoms with van der Waals surface area (Å²) in [6.45, 7) is 3.74. The van der Waals surface area contributed by atoms with Gasteiger partial charge >= 0.3 is 0 Å². The summed E-state index contributed by atoms with van der Waals surface area (Å²) in [5.74, 6) is -0.823. The van der Waals surface area contributed by atoms with Crippen LogP contribution in [0.25, 0.3) is 10.2 Å². The number of piperidine rings is 1. The fourth-order valence-electron chi connectivity index (χ4n) is 4.37. The predicted octanol–water partition coefficient (Wildman–Crippen LogP) is 5.20. The van der Waals surface area contributed by atoms with Crippen LogP contribution in [0.5, 0.6) is 0 Å². The zero-order valence-electron chi connectivity index (χ0n) is 21.0. The average molecular weight is 590 g/mol. The Labute approximate surface area is 232 Å². The van der Waals surface area contributed by atoms with Crippen molar-refractivity contribution in [2.24, 2.45) is 5.92 Å². The molecule has 0 spiro atoms. The van der Waals surface area contributed by atoms with E-state index in [4.69, 9.17) is 16.6 Å². The number of amides is 1. The third-order valence-electron chi connectivity index (χ3n) is 6.48. The molecule has 1 amide bonds. The van der Waals surface area contributed by atoms with Crippen LogP contribution >= 0.6 is 35.3 Å². The van der Waals surface area contributed by atoms with E-state index in [1.54, 1.807) is 4.90 Å². The smallest absolute Gasteiger partial charge is 0.243 e. The Kier molecular flexibility index (Phi) is 9.93. The molecule has 1 fully saturated rings. The van der Waals surface area contributed by atoms with Gasteiger partial charge in [0.25, 0.3) is 0 Å². The Balaban J connectivity index is 0.00000380. The summed E-state index contributed by atoms with van der Waals surface area (Å²) < 4.78 is 41.6. The summed E-state index contributed by atoms with van der Waals surface area (Å²) in [6, 6.07) is 8.60. The van der Waals surface area contributed by atoms with Gasteiger partial charge in [0, 0.05) is 30.6 Å². The van der Waals surface area contributed by atoms with Crippen LogP contribution in [-0.2, 0) is 14.8 Å². The molecular weight excluding hydrogens is 558 g/mol. The molecule has 0 aliphatic carbocycles. The number of nitrogens with zero attached hydrogens (tertiary/aromatic N) is 4. The number of carbonyl (C=O) groups is 1. The number of aromatic nitrogens is 1. The molecule has 0 saturated carbocycles. The number of fused-ring (bicyclic) bond motifs is 1. The molecule has 1 aliphatic heterocycles. The highest BCUT2D eigenvalue weighted by molar-refractivity contribution is 7.89. The molecule has 3 aromatic rings. The number of halogens is 3. The van der Waals surface area contributed by atoms with E-state index >= 15 is 0 Å². The average Bonchev–Trinajstić information content (AvgIpc) is 3.29. The van der Waals surface area contributed by atoms with E-state index in [0.717, 1.165) is 40.9 Å². The lowest BCUT2D eigenvalue weighted by Gasteiger charge is -2.33. The first-order chi connectivity index (χ1) is 17.1. The second kappa shape index (κ2) is 12.4. The number of hydrogen-bond donors (Lipinski definition) is 0. The van der Waals surface area contributed by atoms with Gasteiger partial charge in [0.15, 0.2) is 5.13 Å². The lowest BCUT2D eigenvalue weighted by molar-refractivity contribution is -0.123. The molecule has 0 bridgehead atoms. The van der Waals surface area contributed by atoms with Gasteiger partial charge in [-0.05, 0) is 88.8 Å². The molecule has 4 rings (SSSR count). The third kappa shape index (κ3) is 6.61. The standard InChI is InChI=1S/C25H30ClFN4O3S2.ClH/c1-17-21(26)9-10-22-23(17)28-25(35-22)31(14-4-13-29(2)3)24(32)18-11-15-30(16-12-18)36(33,34)20-7-5-19(27)6-8-20;/h5-10,18H,4,11-16H2,1-3H3;1H. The van der Waals surface area contributed by atoms with Crippen LogP contribution in [-0.4, -0.2) is 68.8 Å². The van der Waals surface area contributed by atoms with Gasteiger partial charge in [-0.2, -0.15) is 4.31 Å². The Morgan fingerprint density at radius 3 is 2.41 bits per heavy atom. The molecule has 0 unspecified atom stereocenters. The van der Waals surface area contributed by atoms with Gasteiger partial charge in [-0.25, -0.2) is 17.8 Å². The lowest BCUT2D eigenvalue weighted by atomic mass is 9.96. The highest BCUT2D eigenvalue weighted by Crippen LogP contribution is 2.35. The fourth-order valence-corrected chi connectivity index (χ4v) is 7.05. The van der Waals surface area contributed by atoms with Crippen LogP contribution in [0.3, 0.4) is 0 Å². The number of hydrogen-bond acceptors (Lipinski definition) is 6. The maximum Gasteiger partial charge on any atom is 0.243 e. The largest absolute Gasteiger partial charge is 0.309 e. The van der Waals surface area contributed by atoms with Crippen LogP contribution in [0.15, 0.2) is 41.3 Å². The quantitative estimate of drug-likeness (QED) is 0.361. The summed E-state index contributed by atoms with van der Waals surface area (Å²) >= 11 is 7.76. The molecule has 1 aliphatic rings. The van der Waals surface area contributed by atoms with Crippen molar-refractivity contribution in [3.05, 3.63) is 52.8 Å². The number of aryl methyl sites for hydroxylation is 1. The molecule has 202 valence electrons. The number of rotatable bonds is 8. The van der Waals surface area contributed by atoms with Crippen molar-refractivity contribution in [1.29, 1.82) is 0 Å². The first kappa shape index (κ1) is 29.7. The SMILES string of the molecule is Cc1c(Cl)ccc2sc(N(CCCN(C)C)C(=O)C3CCN(S(=O)(=O)c4ccc(F)cc4)CC3)nc12.Cl. The minimum Gasteiger partial charge on any atom is -0.309 e. The summed E-state index contributed by atoms with van der Waals surface area (Å²) in [5.41, 5.74) is 1.68. The van der Waals surface area contributed by atoms with Crippen molar-refractivity contribution in [1.82, 2.24) is 14.2 Å². The molecule has 0 radical (unpaired) electrons. The van der Waals surface area contributed by atoms with Crippen molar-refractivity contribution < 1.29 is 17.6 Å². The van der Waals surface area contributed by atoms with E-state index in [-0.39, 0.29) is 42.2 Å². The first-order valence-corrected chi connectivity index (χ1v) is 14.5. The van der Waals surface area contributed by atoms with Crippen molar-refractivity contribution >= 4 is 66.6 Å². The highest BCUT2D eigenvalue weighted by Gasteiger charge is 2.35. The Bertz CT molecular complexity index is 1340. The summed E-state index contributed by atoms with van der Waals surface area (Å²) in [4.78, 5) is 22.4. The number of carbonyl (C=O) groups excluding carboxylic acids is 1. The Morgan fingerprint density at radius 1 is 1.14 bits per heavy atom. The zero-order valence-corrected chi connectivity index (χ0v) is 24.2. The van der Waals surface area contributed by atoms with E-state index < -0.39 is 15.8 Å². The molecule has 1 aromatic heterocycles. The number of anilines is 1. The van der Waals surface area contributed by atoms with E-state index in [2.05, 4.69) is 4.90 Å². The van der Waals surface area contributed by atoms with Gasteiger partial charge < -0.3 is 4.90 Å². The fraction of sp³-hybridized carbons (Fsp3) is 0.440. The maximum absolute atomic E-state index is 13.7. The van der Waals surface area contributed by atoms with Crippen LogP contribution < -0.4 is 4.90 Å². The molecule has 37 heavy (non-hydrogen) atoms. The molecule has 2 heterocycles. The van der Waals surface area contributed by atoms with Crippen molar-refractivity contribution in [3.63, 3.8) is 0 Å². The van der Waals surface area contributed by atoms with Gasteiger partial charge in [-0.1, -0.05) is 22.9 Å². The number of sulfonamides is 1. The van der Waals surface area contributed by atoms with Crippen molar-refractivity contribution in [3.8, 4) is 0 Å². The Morgan fingerprint density at radius 2 is 1.78 bits per heavy atom. The number of thiazole rings is 1. The third-order valence-corrected chi connectivity index (χ3v) is 9.84. The second-order valence-electron chi connectivity index (χ2n) is 9.29. The molecule has 2 aromatic carbocycles. The number of benzene rings is 2. The van der Waals surface area contributed by atoms with E-state index in [1.807, 2.05) is 33.2 Å². The summed E-state index contributed by atoms with van der Waals surface area (Å²) in [6.07, 6.45) is 1.62. The Hall–Kier alpha value is -1.82. The molecule has 0 atom stereocenters. The van der Waals surface area contributed by atoms with E-state index in [1.165, 1.54) is 27.8 Å². The van der Waals surface area contributed by atoms with Crippen LogP contribution in [0.1, 0.15) is 24.8 Å². The van der Waals surface area contributed by atoms with Crippen molar-refractivity contribution in [2.45, 2.75) is 31.1 Å².